The smallest absolute Gasteiger partial charge is 0.200 e. The summed E-state index contributed by atoms with van der Waals surface area (Å²) in [5, 5.41) is 25.6. The van der Waals surface area contributed by atoms with Gasteiger partial charge in [-0.3, -0.25) is 9.67 Å². The Morgan fingerprint density at radius 1 is 1.22 bits per heavy atom. The van der Waals surface area contributed by atoms with Gasteiger partial charge in [-0.2, -0.15) is 5.10 Å². The van der Waals surface area contributed by atoms with Gasteiger partial charge in [0.1, 0.15) is 11.6 Å². The van der Waals surface area contributed by atoms with Crippen LogP contribution in [0, 0.1) is 10.6 Å². The highest BCUT2D eigenvalue weighted by Gasteiger charge is 2.09. The first kappa shape index (κ1) is 16.7. The Kier molecular flexibility index (Phi) is 5.13. The third-order valence-corrected chi connectivity index (χ3v) is 3.24. The van der Waals surface area contributed by atoms with E-state index in [2.05, 4.69) is 10.2 Å². The summed E-state index contributed by atoms with van der Waals surface area (Å²) in [6, 6.07) is 5.88. The van der Waals surface area contributed by atoms with E-state index in [0.29, 0.717) is 16.3 Å². The van der Waals surface area contributed by atoms with Crippen molar-refractivity contribution in [1.29, 1.82) is 0 Å². The number of halogens is 1. The third kappa shape index (κ3) is 4.17. The average Bonchev–Trinajstić information content (AvgIpc) is 2.87. The molecule has 0 unspecified atom stereocenters. The molecule has 0 aliphatic heterocycles. The average molecular weight is 333 g/mol. The Bertz CT molecular complexity index is 841. The van der Waals surface area contributed by atoms with E-state index < -0.39 is 0 Å². The lowest BCUT2D eigenvalue weighted by Gasteiger charge is -2.06. The molecule has 120 valence electrons. The minimum atomic E-state index is -0.336. The Morgan fingerprint density at radius 3 is 2.48 bits per heavy atom. The van der Waals surface area contributed by atoms with Gasteiger partial charge in [0.05, 0.1) is 11.4 Å². The van der Waals surface area contributed by atoms with Gasteiger partial charge >= 0.3 is 0 Å². The van der Waals surface area contributed by atoms with Crippen LogP contribution in [0.25, 0.3) is 11.3 Å². The van der Waals surface area contributed by atoms with Gasteiger partial charge < -0.3 is 10.2 Å². The molecule has 5 nitrogen and oxygen atoms in total. The summed E-state index contributed by atoms with van der Waals surface area (Å²) in [6.45, 7) is 3.25. The van der Waals surface area contributed by atoms with Crippen LogP contribution in [-0.2, 0) is 0 Å². The van der Waals surface area contributed by atoms with Gasteiger partial charge in [0.2, 0.25) is 0 Å². The molecular formula is C16H16FN3O2S. The molecule has 0 radical (unpaired) electrons. The second kappa shape index (κ2) is 7.06. The van der Waals surface area contributed by atoms with E-state index in [-0.39, 0.29) is 17.3 Å². The zero-order valence-corrected chi connectivity index (χ0v) is 13.4. The standard InChI is InChI=1S/C16H16FN3O2S/c1-10(3-8-14(22)9-11(2)21)15-18-19-16(23)20(15)13-6-4-12(17)5-7-13/h3-9,21-22H,1-2H3,(H,19,23)/b10-3+,11-9+,14-8+. The van der Waals surface area contributed by atoms with Crippen LogP contribution in [0.2, 0.25) is 0 Å². The summed E-state index contributed by atoms with van der Waals surface area (Å²) in [5.74, 6) is 0.109. The van der Waals surface area contributed by atoms with Crippen molar-refractivity contribution in [2.24, 2.45) is 0 Å². The first-order chi connectivity index (χ1) is 10.9. The lowest BCUT2D eigenvalue weighted by molar-refractivity contribution is 0.393. The maximum absolute atomic E-state index is 13.1. The fraction of sp³-hybridized carbons (Fsp3) is 0.125. The Morgan fingerprint density at radius 2 is 1.87 bits per heavy atom. The van der Waals surface area contributed by atoms with Gasteiger partial charge in [0, 0.05) is 6.08 Å². The maximum atomic E-state index is 13.1. The van der Waals surface area contributed by atoms with E-state index in [4.69, 9.17) is 17.3 Å². The van der Waals surface area contributed by atoms with Crippen molar-refractivity contribution in [3.05, 3.63) is 70.4 Å². The molecule has 0 fully saturated rings. The Hall–Kier alpha value is -2.67. The molecule has 2 aromatic rings. The van der Waals surface area contributed by atoms with Gasteiger partial charge in [-0.25, -0.2) is 4.39 Å². The third-order valence-electron chi connectivity index (χ3n) is 2.97. The number of aromatic nitrogens is 3. The van der Waals surface area contributed by atoms with Crippen molar-refractivity contribution in [3.8, 4) is 5.69 Å². The molecule has 1 aromatic heterocycles. The van der Waals surface area contributed by atoms with Crippen LogP contribution in [0.5, 0.6) is 0 Å². The van der Waals surface area contributed by atoms with Crippen LogP contribution in [0.15, 0.2) is 54.0 Å². The number of aliphatic hydroxyl groups is 2. The normalized spacial score (nSPS) is 13.4. The quantitative estimate of drug-likeness (QED) is 0.441. The highest BCUT2D eigenvalue weighted by atomic mass is 32.1. The predicted octanol–water partition coefficient (Wildman–Crippen LogP) is 4.38. The monoisotopic (exact) mass is 333 g/mol. The van der Waals surface area contributed by atoms with E-state index in [1.54, 1.807) is 29.7 Å². The number of hydrogen-bond acceptors (Lipinski definition) is 4. The highest BCUT2D eigenvalue weighted by Crippen LogP contribution is 2.18. The van der Waals surface area contributed by atoms with Crippen molar-refractivity contribution in [1.82, 2.24) is 14.8 Å². The second-order valence-electron chi connectivity index (χ2n) is 4.89. The van der Waals surface area contributed by atoms with Crippen LogP contribution in [0.1, 0.15) is 19.7 Å². The van der Waals surface area contributed by atoms with Gasteiger partial charge in [0.15, 0.2) is 10.6 Å². The van der Waals surface area contributed by atoms with Crippen LogP contribution < -0.4 is 0 Å². The summed E-state index contributed by atoms with van der Waals surface area (Å²) < 4.78 is 15.1. The molecule has 0 aliphatic carbocycles. The van der Waals surface area contributed by atoms with E-state index >= 15 is 0 Å². The molecule has 3 N–H and O–H groups in total. The van der Waals surface area contributed by atoms with Crippen molar-refractivity contribution in [2.45, 2.75) is 13.8 Å². The van der Waals surface area contributed by atoms with Gasteiger partial charge in [-0.05, 0) is 62.0 Å². The molecule has 0 saturated heterocycles. The minimum absolute atomic E-state index is 0.00112. The lowest BCUT2D eigenvalue weighted by Crippen LogP contribution is -2.00. The molecule has 0 spiro atoms. The summed E-state index contributed by atoms with van der Waals surface area (Å²) in [6.07, 6.45) is 4.29. The summed E-state index contributed by atoms with van der Waals surface area (Å²) in [5.41, 5.74) is 1.39. The number of aromatic amines is 1. The van der Waals surface area contributed by atoms with E-state index in [9.17, 15) is 9.50 Å². The Balaban J connectivity index is 2.43. The number of aliphatic hydroxyl groups excluding tert-OH is 2. The molecule has 0 bridgehead atoms. The number of nitrogens with one attached hydrogen (secondary N) is 1. The van der Waals surface area contributed by atoms with E-state index in [1.807, 2.05) is 0 Å². The summed E-state index contributed by atoms with van der Waals surface area (Å²) in [4.78, 5) is 0. The number of allylic oxidation sites excluding steroid dienone is 5. The van der Waals surface area contributed by atoms with Crippen LogP contribution in [0.4, 0.5) is 4.39 Å². The minimum Gasteiger partial charge on any atom is -0.512 e. The fourth-order valence-electron chi connectivity index (χ4n) is 1.94. The molecule has 2 rings (SSSR count). The summed E-state index contributed by atoms with van der Waals surface area (Å²) >= 11 is 5.22. The molecule has 7 heteroatoms. The van der Waals surface area contributed by atoms with Crippen molar-refractivity contribution >= 4 is 17.8 Å². The SMILES string of the molecule is C\C(O)=C/C(O)=C\C=C(/C)c1n[nH]c(=S)n1-c1ccc(F)cc1. The van der Waals surface area contributed by atoms with E-state index in [1.165, 1.54) is 31.2 Å². The molecule has 1 heterocycles. The first-order valence-electron chi connectivity index (χ1n) is 6.77. The highest BCUT2D eigenvalue weighted by molar-refractivity contribution is 7.71. The maximum Gasteiger partial charge on any atom is 0.200 e. The fourth-order valence-corrected chi connectivity index (χ4v) is 2.18. The van der Waals surface area contributed by atoms with Gasteiger partial charge in [-0.1, -0.05) is 6.08 Å². The molecule has 0 atom stereocenters. The van der Waals surface area contributed by atoms with Gasteiger partial charge in [0.25, 0.3) is 0 Å². The number of hydrogen-bond donors (Lipinski definition) is 3. The molecule has 0 aliphatic rings. The molecular weight excluding hydrogens is 317 g/mol. The number of benzene rings is 1. The van der Waals surface area contributed by atoms with Crippen molar-refractivity contribution in [2.75, 3.05) is 0 Å². The molecule has 0 amide bonds. The molecule has 1 aromatic carbocycles. The van der Waals surface area contributed by atoms with Crippen LogP contribution in [-0.4, -0.2) is 25.0 Å². The number of H-pyrrole nitrogens is 1. The first-order valence-corrected chi connectivity index (χ1v) is 7.18. The number of rotatable bonds is 4. The van der Waals surface area contributed by atoms with Crippen molar-refractivity contribution in [3.63, 3.8) is 0 Å². The zero-order chi connectivity index (χ0) is 17.0. The van der Waals surface area contributed by atoms with Crippen molar-refractivity contribution < 1.29 is 14.6 Å². The predicted molar refractivity (Wildman–Crippen MR) is 89.5 cm³/mol. The topological polar surface area (TPSA) is 74.1 Å². The van der Waals surface area contributed by atoms with Crippen LogP contribution >= 0.6 is 12.2 Å². The largest absolute Gasteiger partial charge is 0.512 e. The zero-order valence-electron chi connectivity index (χ0n) is 12.6. The summed E-state index contributed by atoms with van der Waals surface area (Å²) in [7, 11) is 0. The Labute approximate surface area is 137 Å². The second-order valence-corrected chi connectivity index (χ2v) is 5.28. The van der Waals surface area contributed by atoms with Crippen LogP contribution in [0.3, 0.4) is 0 Å². The molecule has 23 heavy (non-hydrogen) atoms. The van der Waals surface area contributed by atoms with Gasteiger partial charge in [-0.15, -0.1) is 0 Å². The van der Waals surface area contributed by atoms with E-state index in [0.717, 1.165) is 5.57 Å². The molecule has 0 saturated carbocycles. The number of nitrogens with zero attached hydrogens (tertiary/aromatic N) is 2. The lowest BCUT2D eigenvalue weighted by atomic mass is 10.2.